The van der Waals surface area contributed by atoms with Crippen LogP contribution in [0.5, 0.6) is 5.75 Å². The monoisotopic (exact) mass is 335 g/mol. The molecular formula is C16H14ClNO5. The Hall–Kier alpha value is -2.60. The van der Waals surface area contributed by atoms with Crippen LogP contribution in [-0.2, 0) is 4.74 Å². The van der Waals surface area contributed by atoms with E-state index in [0.717, 1.165) is 0 Å². The smallest absolute Gasteiger partial charge is 0.338 e. The molecule has 0 bridgehead atoms. The third-order valence-electron chi connectivity index (χ3n) is 3.12. The van der Waals surface area contributed by atoms with Crippen LogP contribution in [-0.4, -0.2) is 24.1 Å². The van der Waals surface area contributed by atoms with Crippen molar-refractivity contribution in [1.29, 1.82) is 0 Å². The van der Waals surface area contributed by atoms with Crippen molar-refractivity contribution in [2.24, 2.45) is 0 Å². The van der Waals surface area contributed by atoms with Gasteiger partial charge in [0.1, 0.15) is 19.0 Å². The van der Waals surface area contributed by atoms with Crippen molar-refractivity contribution in [2.45, 2.75) is 6.92 Å². The molecule has 0 radical (unpaired) electrons. The molecule has 0 aliphatic carbocycles. The highest BCUT2D eigenvalue weighted by molar-refractivity contribution is 6.30. The molecule has 0 unspecified atom stereocenters. The van der Waals surface area contributed by atoms with Crippen LogP contribution < -0.4 is 4.74 Å². The summed E-state index contributed by atoms with van der Waals surface area (Å²) < 4.78 is 10.5. The van der Waals surface area contributed by atoms with Gasteiger partial charge in [-0.2, -0.15) is 0 Å². The summed E-state index contributed by atoms with van der Waals surface area (Å²) in [5, 5.41) is 11.5. The first-order valence-corrected chi connectivity index (χ1v) is 7.16. The fourth-order valence-corrected chi connectivity index (χ4v) is 2.07. The molecule has 2 rings (SSSR count). The SMILES string of the molecule is Cc1c(C(=O)OCCOc2ccc(Cl)cc2)cccc1[N+](=O)[O-]. The molecule has 0 fully saturated rings. The van der Waals surface area contributed by atoms with Crippen LogP contribution in [0, 0.1) is 17.0 Å². The van der Waals surface area contributed by atoms with Crippen molar-refractivity contribution in [1.82, 2.24) is 0 Å². The van der Waals surface area contributed by atoms with E-state index in [1.165, 1.54) is 25.1 Å². The molecule has 0 amide bonds. The maximum atomic E-state index is 12.0. The number of rotatable bonds is 6. The predicted octanol–water partition coefficient (Wildman–Crippen LogP) is 3.79. The number of esters is 1. The van der Waals surface area contributed by atoms with E-state index in [1.54, 1.807) is 24.3 Å². The van der Waals surface area contributed by atoms with Gasteiger partial charge in [-0.3, -0.25) is 10.1 Å². The van der Waals surface area contributed by atoms with Gasteiger partial charge in [0.15, 0.2) is 0 Å². The summed E-state index contributed by atoms with van der Waals surface area (Å²) in [5.74, 6) is -0.0112. The van der Waals surface area contributed by atoms with Crippen LogP contribution in [0.1, 0.15) is 15.9 Å². The van der Waals surface area contributed by atoms with E-state index in [2.05, 4.69) is 0 Å². The summed E-state index contributed by atoms with van der Waals surface area (Å²) in [6, 6.07) is 11.1. The summed E-state index contributed by atoms with van der Waals surface area (Å²) in [6.07, 6.45) is 0. The Morgan fingerprint density at radius 1 is 1.17 bits per heavy atom. The number of nitrogens with zero attached hydrogens (tertiary/aromatic N) is 1. The molecule has 120 valence electrons. The molecule has 0 aliphatic heterocycles. The third-order valence-corrected chi connectivity index (χ3v) is 3.37. The lowest BCUT2D eigenvalue weighted by Gasteiger charge is -2.09. The molecule has 6 nitrogen and oxygen atoms in total. The summed E-state index contributed by atoms with van der Waals surface area (Å²) in [5.41, 5.74) is 0.337. The average molecular weight is 336 g/mol. The Balaban J connectivity index is 1.89. The number of benzene rings is 2. The van der Waals surface area contributed by atoms with E-state index in [4.69, 9.17) is 21.1 Å². The summed E-state index contributed by atoms with van der Waals surface area (Å²) >= 11 is 5.76. The van der Waals surface area contributed by atoms with Crippen LogP contribution in [0.25, 0.3) is 0 Å². The van der Waals surface area contributed by atoms with Crippen LogP contribution in [0.4, 0.5) is 5.69 Å². The van der Waals surface area contributed by atoms with E-state index in [9.17, 15) is 14.9 Å². The van der Waals surface area contributed by atoms with Crippen LogP contribution in [0.3, 0.4) is 0 Å². The minimum absolute atomic E-state index is 0.0313. The molecule has 23 heavy (non-hydrogen) atoms. The van der Waals surface area contributed by atoms with Crippen molar-refractivity contribution in [3.8, 4) is 5.75 Å². The van der Waals surface area contributed by atoms with Gasteiger partial charge in [-0.1, -0.05) is 17.7 Å². The minimum Gasteiger partial charge on any atom is -0.490 e. The number of nitro groups is 1. The number of carbonyl (C=O) groups excluding carboxylic acids is 1. The lowest BCUT2D eigenvalue weighted by Crippen LogP contribution is -2.13. The van der Waals surface area contributed by atoms with Gasteiger partial charge < -0.3 is 9.47 Å². The fraction of sp³-hybridized carbons (Fsp3) is 0.188. The topological polar surface area (TPSA) is 78.7 Å². The Bertz CT molecular complexity index is 715. The molecule has 0 saturated heterocycles. The quantitative estimate of drug-likeness (QED) is 0.347. The van der Waals surface area contributed by atoms with E-state index < -0.39 is 10.9 Å². The molecule has 0 heterocycles. The maximum absolute atomic E-state index is 12.0. The molecule has 0 aliphatic rings. The van der Waals surface area contributed by atoms with Gasteiger partial charge in [-0.15, -0.1) is 0 Å². The fourth-order valence-electron chi connectivity index (χ4n) is 1.94. The molecule has 0 atom stereocenters. The molecular weight excluding hydrogens is 322 g/mol. The first-order chi connectivity index (χ1) is 11.0. The number of ether oxygens (including phenoxy) is 2. The molecule has 2 aromatic rings. The van der Waals surface area contributed by atoms with Gasteiger partial charge in [-0.25, -0.2) is 4.79 Å². The van der Waals surface area contributed by atoms with E-state index in [-0.39, 0.29) is 30.0 Å². The van der Waals surface area contributed by atoms with E-state index >= 15 is 0 Å². The highest BCUT2D eigenvalue weighted by Gasteiger charge is 2.18. The zero-order valence-corrected chi connectivity index (χ0v) is 13.1. The van der Waals surface area contributed by atoms with E-state index in [0.29, 0.717) is 10.8 Å². The van der Waals surface area contributed by atoms with Gasteiger partial charge in [0.05, 0.1) is 10.5 Å². The highest BCUT2D eigenvalue weighted by Crippen LogP contribution is 2.21. The lowest BCUT2D eigenvalue weighted by molar-refractivity contribution is -0.385. The number of hydrogen-bond acceptors (Lipinski definition) is 5. The van der Waals surface area contributed by atoms with Gasteiger partial charge in [0.25, 0.3) is 5.69 Å². The van der Waals surface area contributed by atoms with Crippen LogP contribution >= 0.6 is 11.6 Å². The van der Waals surface area contributed by atoms with Crippen molar-refractivity contribution in [2.75, 3.05) is 13.2 Å². The standard InChI is InChI=1S/C16H14ClNO5/c1-11-14(3-2-4-15(11)18(20)21)16(19)23-10-9-22-13-7-5-12(17)6-8-13/h2-8H,9-10H2,1H3. The largest absolute Gasteiger partial charge is 0.490 e. The Morgan fingerprint density at radius 2 is 1.87 bits per heavy atom. The Morgan fingerprint density at radius 3 is 2.52 bits per heavy atom. The third kappa shape index (κ3) is 4.43. The van der Waals surface area contributed by atoms with Crippen LogP contribution in [0.15, 0.2) is 42.5 Å². The summed E-state index contributed by atoms with van der Waals surface area (Å²) in [4.78, 5) is 22.3. The van der Waals surface area contributed by atoms with Crippen molar-refractivity contribution < 1.29 is 19.2 Å². The second-order valence-electron chi connectivity index (χ2n) is 4.65. The number of nitro benzene ring substituents is 1. The molecule has 0 N–H and O–H groups in total. The van der Waals surface area contributed by atoms with Gasteiger partial charge in [0, 0.05) is 16.7 Å². The molecule has 7 heteroatoms. The maximum Gasteiger partial charge on any atom is 0.338 e. The van der Waals surface area contributed by atoms with Gasteiger partial charge in [-0.05, 0) is 37.3 Å². The molecule has 2 aromatic carbocycles. The minimum atomic E-state index is -0.620. The van der Waals surface area contributed by atoms with Crippen molar-refractivity contribution in [3.05, 3.63) is 68.7 Å². The lowest BCUT2D eigenvalue weighted by atomic mass is 10.1. The Kier molecular flexibility index (Phi) is 5.54. The normalized spacial score (nSPS) is 10.2. The first kappa shape index (κ1) is 16.8. The second kappa shape index (κ2) is 7.60. The van der Waals surface area contributed by atoms with E-state index in [1.807, 2.05) is 0 Å². The summed E-state index contributed by atoms with van der Waals surface area (Å²) in [7, 11) is 0. The highest BCUT2D eigenvalue weighted by atomic mass is 35.5. The number of halogens is 1. The Labute approximate surface area is 137 Å². The van der Waals surface area contributed by atoms with Gasteiger partial charge in [0.2, 0.25) is 0 Å². The molecule has 0 aromatic heterocycles. The second-order valence-corrected chi connectivity index (χ2v) is 5.08. The predicted molar refractivity (Wildman–Crippen MR) is 85.1 cm³/mol. The average Bonchev–Trinajstić information content (AvgIpc) is 2.53. The zero-order chi connectivity index (χ0) is 16.8. The van der Waals surface area contributed by atoms with Gasteiger partial charge >= 0.3 is 5.97 Å². The number of hydrogen-bond donors (Lipinski definition) is 0. The van der Waals surface area contributed by atoms with Crippen molar-refractivity contribution in [3.63, 3.8) is 0 Å². The zero-order valence-electron chi connectivity index (χ0n) is 12.3. The van der Waals surface area contributed by atoms with Crippen LogP contribution in [0.2, 0.25) is 5.02 Å². The summed E-state index contributed by atoms with van der Waals surface area (Å²) in [6.45, 7) is 1.71. The molecule has 0 spiro atoms. The number of carbonyl (C=O) groups is 1. The van der Waals surface area contributed by atoms with Crippen molar-refractivity contribution >= 4 is 23.3 Å². The first-order valence-electron chi connectivity index (χ1n) is 6.78. The molecule has 0 saturated carbocycles.